The minimum Gasteiger partial charge on any atom is -0.378 e. The molecule has 0 heterocycles. The van der Waals surface area contributed by atoms with Crippen molar-refractivity contribution in [1.29, 1.82) is 0 Å². The van der Waals surface area contributed by atoms with Crippen LogP contribution in [-0.2, 0) is 6.18 Å². The number of hydrogen-bond donors (Lipinski definition) is 1. The zero-order chi connectivity index (χ0) is 15.5. The summed E-state index contributed by atoms with van der Waals surface area (Å²) in [4.78, 5) is 0. The molecule has 112 valence electrons. The van der Waals surface area contributed by atoms with Gasteiger partial charge in [-0.2, -0.15) is 13.2 Å². The molecule has 1 unspecified atom stereocenters. The molecule has 5 heteroatoms. The summed E-state index contributed by atoms with van der Waals surface area (Å²) < 4.78 is 38.6. The van der Waals surface area contributed by atoms with E-state index in [2.05, 4.69) is 5.32 Å². The minimum atomic E-state index is -4.46. The number of hydrogen-bond acceptors (Lipinski definition) is 1. The Bertz CT molecular complexity index is 596. The lowest BCUT2D eigenvalue weighted by Gasteiger charge is -2.20. The van der Waals surface area contributed by atoms with Crippen molar-refractivity contribution in [2.24, 2.45) is 0 Å². The number of nitrogens with one attached hydrogen (secondary N) is 1. The van der Waals surface area contributed by atoms with Gasteiger partial charge in [-0.15, -0.1) is 0 Å². The fourth-order valence-corrected chi connectivity index (χ4v) is 2.36. The molecule has 0 spiro atoms. The van der Waals surface area contributed by atoms with E-state index in [1.807, 2.05) is 37.3 Å². The lowest BCUT2D eigenvalue weighted by molar-refractivity contribution is -0.137. The van der Waals surface area contributed by atoms with Crippen LogP contribution in [0.15, 0.2) is 48.5 Å². The molecule has 2 aromatic rings. The third-order valence-electron chi connectivity index (χ3n) is 3.22. The van der Waals surface area contributed by atoms with E-state index in [9.17, 15) is 13.2 Å². The zero-order valence-electron chi connectivity index (χ0n) is 11.4. The predicted molar refractivity (Wildman–Crippen MR) is 79.6 cm³/mol. The van der Waals surface area contributed by atoms with Crippen LogP contribution in [0.2, 0.25) is 5.02 Å². The third-order valence-corrected chi connectivity index (χ3v) is 3.55. The Balaban J connectivity index is 2.27. The van der Waals surface area contributed by atoms with Crippen molar-refractivity contribution in [3.63, 3.8) is 0 Å². The van der Waals surface area contributed by atoms with Crippen molar-refractivity contribution in [3.05, 3.63) is 64.7 Å². The highest BCUT2D eigenvalue weighted by atomic mass is 35.5. The van der Waals surface area contributed by atoms with E-state index in [-0.39, 0.29) is 11.1 Å². The molecule has 1 nitrogen and oxygen atoms in total. The van der Waals surface area contributed by atoms with E-state index in [0.717, 1.165) is 18.1 Å². The van der Waals surface area contributed by atoms with Crippen molar-refractivity contribution in [2.75, 3.05) is 5.32 Å². The quantitative estimate of drug-likeness (QED) is 0.738. The van der Waals surface area contributed by atoms with Crippen molar-refractivity contribution in [2.45, 2.75) is 25.6 Å². The van der Waals surface area contributed by atoms with E-state index in [4.69, 9.17) is 11.6 Å². The zero-order valence-corrected chi connectivity index (χ0v) is 12.2. The molecular formula is C16H15ClF3N. The third kappa shape index (κ3) is 3.91. The van der Waals surface area contributed by atoms with Crippen LogP contribution in [0.4, 0.5) is 18.9 Å². The van der Waals surface area contributed by atoms with Crippen molar-refractivity contribution < 1.29 is 13.2 Å². The molecule has 0 aliphatic heterocycles. The van der Waals surface area contributed by atoms with Gasteiger partial charge in [0.1, 0.15) is 0 Å². The maximum Gasteiger partial charge on any atom is 0.417 e. The summed E-state index contributed by atoms with van der Waals surface area (Å²) in [6.45, 7) is 1.98. The van der Waals surface area contributed by atoms with Crippen LogP contribution < -0.4 is 5.32 Å². The molecule has 2 aromatic carbocycles. The van der Waals surface area contributed by atoms with E-state index in [1.165, 1.54) is 6.07 Å². The molecule has 0 aliphatic rings. The van der Waals surface area contributed by atoms with Gasteiger partial charge in [-0.3, -0.25) is 0 Å². The van der Waals surface area contributed by atoms with E-state index in [1.54, 1.807) is 6.07 Å². The summed E-state index contributed by atoms with van der Waals surface area (Å²) in [6, 6.07) is 13.4. The average Bonchev–Trinajstić information content (AvgIpc) is 2.46. The highest BCUT2D eigenvalue weighted by Gasteiger charge is 2.33. The topological polar surface area (TPSA) is 12.0 Å². The van der Waals surface area contributed by atoms with Crippen LogP contribution >= 0.6 is 11.6 Å². The lowest BCUT2D eigenvalue weighted by atomic mass is 10.0. The van der Waals surface area contributed by atoms with Crippen molar-refractivity contribution >= 4 is 17.3 Å². The highest BCUT2D eigenvalue weighted by Crippen LogP contribution is 2.37. The largest absolute Gasteiger partial charge is 0.417 e. The molecule has 0 saturated carbocycles. The lowest BCUT2D eigenvalue weighted by Crippen LogP contribution is -2.11. The molecule has 1 atom stereocenters. The van der Waals surface area contributed by atoms with E-state index in [0.29, 0.717) is 5.69 Å². The fourth-order valence-electron chi connectivity index (χ4n) is 2.14. The first-order valence-corrected chi connectivity index (χ1v) is 6.98. The molecule has 0 bridgehead atoms. The Morgan fingerprint density at radius 1 is 1.10 bits per heavy atom. The van der Waals surface area contributed by atoms with Crippen molar-refractivity contribution in [1.82, 2.24) is 0 Å². The maximum absolute atomic E-state index is 12.9. The molecular weight excluding hydrogens is 299 g/mol. The normalized spacial score (nSPS) is 13.0. The monoisotopic (exact) mass is 313 g/mol. The van der Waals surface area contributed by atoms with Crippen molar-refractivity contribution in [3.8, 4) is 0 Å². The van der Waals surface area contributed by atoms with E-state index >= 15 is 0 Å². The first-order chi connectivity index (χ1) is 9.91. The Kier molecular flexibility index (Phi) is 4.78. The summed E-state index contributed by atoms with van der Waals surface area (Å²) in [6.07, 6.45) is -3.70. The first-order valence-electron chi connectivity index (χ1n) is 6.60. The van der Waals surface area contributed by atoms with Crippen LogP contribution in [0.25, 0.3) is 0 Å². The molecule has 0 aromatic heterocycles. The highest BCUT2D eigenvalue weighted by molar-refractivity contribution is 6.31. The Hall–Kier alpha value is -1.68. The standard InChI is InChI=1S/C16H15ClF3N/c1-2-15(11-6-4-3-5-7-11)21-12-8-9-14(17)13(10-12)16(18,19)20/h3-10,15,21H,2H2,1H3. The molecule has 0 amide bonds. The van der Waals surface area contributed by atoms with E-state index < -0.39 is 11.7 Å². The summed E-state index contributed by atoms with van der Waals surface area (Å²) >= 11 is 5.62. The summed E-state index contributed by atoms with van der Waals surface area (Å²) in [5.74, 6) is 0. The predicted octanol–water partition coefficient (Wildman–Crippen LogP) is 5.92. The van der Waals surface area contributed by atoms with Crippen LogP contribution in [0.5, 0.6) is 0 Å². The molecule has 0 saturated heterocycles. The van der Waals surface area contributed by atoms with Gasteiger partial charge in [-0.05, 0) is 30.2 Å². The Labute approximate surface area is 126 Å². The van der Waals surface area contributed by atoms with Gasteiger partial charge < -0.3 is 5.32 Å². The first kappa shape index (κ1) is 15.7. The van der Waals surface area contributed by atoms with Crippen LogP contribution in [-0.4, -0.2) is 0 Å². The maximum atomic E-state index is 12.9. The average molecular weight is 314 g/mol. The molecule has 21 heavy (non-hydrogen) atoms. The van der Waals surface area contributed by atoms with Gasteiger partial charge in [-0.25, -0.2) is 0 Å². The second-order valence-corrected chi connectivity index (χ2v) is 5.12. The summed E-state index contributed by atoms with van der Waals surface area (Å²) in [5.41, 5.74) is 0.614. The van der Waals surface area contributed by atoms with Gasteiger partial charge in [0.2, 0.25) is 0 Å². The second kappa shape index (κ2) is 6.39. The Morgan fingerprint density at radius 2 is 1.76 bits per heavy atom. The van der Waals surface area contributed by atoms with Gasteiger partial charge in [0.15, 0.2) is 0 Å². The molecule has 0 aliphatic carbocycles. The smallest absolute Gasteiger partial charge is 0.378 e. The molecule has 2 rings (SSSR count). The number of anilines is 1. The van der Waals surface area contributed by atoms with Gasteiger partial charge in [0.05, 0.1) is 16.6 Å². The van der Waals surface area contributed by atoms with Crippen LogP contribution in [0.1, 0.15) is 30.5 Å². The molecule has 1 N–H and O–H groups in total. The number of alkyl halides is 3. The van der Waals surface area contributed by atoms with Gasteiger partial charge >= 0.3 is 6.18 Å². The van der Waals surface area contributed by atoms with Gasteiger partial charge in [0.25, 0.3) is 0 Å². The number of benzene rings is 2. The molecule has 0 fully saturated rings. The SMILES string of the molecule is CCC(Nc1ccc(Cl)c(C(F)(F)F)c1)c1ccccc1. The van der Waals surface area contributed by atoms with Gasteiger partial charge in [0, 0.05) is 5.69 Å². The number of halogens is 4. The summed E-state index contributed by atoms with van der Waals surface area (Å²) in [5, 5.41) is 2.84. The number of rotatable bonds is 4. The second-order valence-electron chi connectivity index (χ2n) is 4.71. The minimum absolute atomic E-state index is 0.0477. The fraction of sp³-hybridized carbons (Fsp3) is 0.250. The van der Waals surface area contributed by atoms with Crippen LogP contribution in [0, 0.1) is 0 Å². The summed E-state index contributed by atoms with van der Waals surface area (Å²) in [7, 11) is 0. The molecule has 0 radical (unpaired) electrons. The van der Waals surface area contributed by atoms with Gasteiger partial charge in [-0.1, -0.05) is 48.9 Å². The van der Waals surface area contributed by atoms with Crippen LogP contribution in [0.3, 0.4) is 0 Å². The Morgan fingerprint density at radius 3 is 2.33 bits per heavy atom.